The summed E-state index contributed by atoms with van der Waals surface area (Å²) in [5, 5.41) is 3.14. The number of hydrogen-bond acceptors (Lipinski definition) is 3. The molecular formula is C19H32N4O. The number of piperidine rings is 1. The maximum atomic E-state index is 12.4. The Bertz CT molecular complexity index is 513. The van der Waals surface area contributed by atoms with Crippen LogP contribution in [0.3, 0.4) is 0 Å². The van der Waals surface area contributed by atoms with Crippen LogP contribution in [-0.2, 0) is 11.3 Å². The van der Waals surface area contributed by atoms with Gasteiger partial charge in [-0.2, -0.15) is 0 Å². The second-order valence-corrected chi connectivity index (χ2v) is 7.41. The number of amides is 1. The van der Waals surface area contributed by atoms with Crippen LogP contribution in [0.2, 0.25) is 0 Å². The van der Waals surface area contributed by atoms with E-state index in [9.17, 15) is 4.79 Å². The van der Waals surface area contributed by atoms with Gasteiger partial charge in [-0.3, -0.25) is 4.79 Å². The van der Waals surface area contributed by atoms with Crippen molar-refractivity contribution in [3.05, 3.63) is 18.2 Å². The van der Waals surface area contributed by atoms with E-state index in [0.717, 1.165) is 57.3 Å². The third kappa shape index (κ3) is 4.59. The molecule has 0 spiro atoms. The van der Waals surface area contributed by atoms with E-state index in [1.165, 1.54) is 32.1 Å². The molecule has 0 radical (unpaired) electrons. The molecule has 5 heteroatoms. The minimum Gasteiger partial charge on any atom is -0.356 e. The second kappa shape index (κ2) is 8.65. The van der Waals surface area contributed by atoms with Crippen LogP contribution in [0.5, 0.6) is 0 Å². The number of nitrogens with zero attached hydrogens (tertiary/aromatic N) is 3. The molecule has 1 saturated carbocycles. The van der Waals surface area contributed by atoms with Crippen molar-refractivity contribution in [2.24, 2.45) is 5.92 Å². The molecule has 134 valence electrons. The van der Waals surface area contributed by atoms with Gasteiger partial charge in [-0.15, -0.1) is 0 Å². The van der Waals surface area contributed by atoms with E-state index >= 15 is 0 Å². The molecule has 0 atom stereocenters. The number of aryl methyl sites for hydroxylation is 2. The Hall–Kier alpha value is -1.36. The highest BCUT2D eigenvalue weighted by Crippen LogP contribution is 2.27. The molecule has 2 heterocycles. The third-order valence-corrected chi connectivity index (χ3v) is 5.79. The smallest absolute Gasteiger partial charge is 0.223 e. The summed E-state index contributed by atoms with van der Waals surface area (Å²) in [6.07, 6.45) is 13.8. The maximum absolute atomic E-state index is 12.4. The molecule has 1 N–H and O–H groups in total. The van der Waals surface area contributed by atoms with Gasteiger partial charge < -0.3 is 14.8 Å². The van der Waals surface area contributed by atoms with Gasteiger partial charge >= 0.3 is 0 Å². The van der Waals surface area contributed by atoms with Gasteiger partial charge in [0.25, 0.3) is 0 Å². The van der Waals surface area contributed by atoms with E-state index in [2.05, 4.69) is 19.8 Å². The Balaban J connectivity index is 1.32. The molecule has 3 rings (SSSR count). The van der Waals surface area contributed by atoms with Crippen molar-refractivity contribution in [3.8, 4) is 0 Å². The molecule has 1 amide bonds. The topological polar surface area (TPSA) is 50.2 Å². The van der Waals surface area contributed by atoms with Crippen LogP contribution in [0.4, 0.5) is 0 Å². The zero-order valence-corrected chi connectivity index (χ0v) is 15.0. The van der Waals surface area contributed by atoms with Gasteiger partial charge in [0.05, 0.1) is 0 Å². The van der Waals surface area contributed by atoms with Crippen LogP contribution in [0, 0.1) is 12.8 Å². The largest absolute Gasteiger partial charge is 0.356 e. The molecular weight excluding hydrogens is 300 g/mol. The molecule has 2 aliphatic rings. The van der Waals surface area contributed by atoms with E-state index in [-0.39, 0.29) is 11.8 Å². The fraction of sp³-hybridized carbons (Fsp3) is 0.789. The van der Waals surface area contributed by atoms with E-state index in [1.807, 2.05) is 19.3 Å². The lowest BCUT2D eigenvalue weighted by Gasteiger charge is -2.38. The first-order valence-corrected chi connectivity index (χ1v) is 9.73. The van der Waals surface area contributed by atoms with Gasteiger partial charge in [0, 0.05) is 37.4 Å². The van der Waals surface area contributed by atoms with E-state index in [1.54, 1.807) is 0 Å². The van der Waals surface area contributed by atoms with Gasteiger partial charge in [-0.05, 0) is 52.1 Å². The average molecular weight is 332 g/mol. The molecule has 1 aromatic heterocycles. The van der Waals surface area contributed by atoms with Gasteiger partial charge in [0.2, 0.25) is 5.91 Å². The molecule has 1 aliphatic heterocycles. The molecule has 0 unspecified atom stereocenters. The van der Waals surface area contributed by atoms with E-state index in [0.29, 0.717) is 0 Å². The number of aromatic nitrogens is 2. The zero-order chi connectivity index (χ0) is 16.8. The summed E-state index contributed by atoms with van der Waals surface area (Å²) in [7, 11) is 0. The van der Waals surface area contributed by atoms with Crippen LogP contribution >= 0.6 is 0 Å². The first-order chi connectivity index (χ1) is 11.7. The molecule has 0 bridgehead atoms. The predicted molar refractivity (Wildman–Crippen MR) is 95.8 cm³/mol. The number of hydrogen-bond donors (Lipinski definition) is 1. The normalized spacial score (nSPS) is 21.0. The van der Waals surface area contributed by atoms with Crippen LogP contribution in [-0.4, -0.2) is 46.0 Å². The third-order valence-electron chi connectivity index (χ3n) is 5.79. The SMILES string of the molecule is Cc1nccn1CCCNC(=O)C1CCN(C2CCCCC2)CC1. The van der Waals surface area contributed by atoms with Crippen molar-refractivity contribution in [1.82, 2.24) is 19.8 Å². The van der Waals surface area contributed by atoms with Gasteiger partial charge in [0.15, 0.2) is 0 Å². The molecule has 1 aromatic rings. The minimum absolute atomic E-state index is 0.222. The summed E-state index contributed by atoms with van der Waals surface area (Å²) < 4.78 is 2.13. The Labute approximate surface area is 145 Å². The van der Waals surface area contributed by atoms with E-state index < -0.39 is 0 Å². The van der Waals surface area contributed by atoms with Crippen molar-refractivity contribution in [2.45, 2.75) is 70.9 Å². The number of rotatable bonds is 6. The second-order valence-electron chi connectivity index (χ2n) is 7.41. The lowest BCUT2D eigenvalue weighted by molar-refractivity contribution is -0.126. The van der Waals surface area contributed by atoms with Crippen molar-refractivity contribution in [2.75, 3.05) is 19.6 Å². The first-order valence-electron chi connectivity index (χ1n) is 9.73. The van der Waals surface area contributed by atoms with Crippen LogP contribution < -0.4 is 5.32 Å². The Morgan fingerprint density at radius 3 is 2.62 bits per heavy atom. The fourth-order valence-corrected chi connectivity index (χ4v) is 4.22. The number of likely N-dealkylation sites (tertiary alicyclic amines) is 1. The summed E-state index contributed by atoms with van der Waals surface area (Å²) in [5.74, 6) is 1.52. The number of nitrogens with one attached hydrogen (secondary N) is 1. The monoisotopic (exact) mass is 332 g/mol. The van der Waals surface area contributed by atoms with Crippen LogP contribution in [0.25, 0.3) is 0 Å². The Morgan fingerprint density at radius 1 is 1.21 bits per heavy atom. The van der Waals surface area contributed by atoms with Gasteiger partial charge in [-0.1, -0.05) is 19.3 Å². The Morgan fingerprint density at radius 2 is 1.96 bits per heavy atom. The summed E-state index contributed by atoms with van der Waals surface area (Å²) in [5.41, 5.74) is 0. The minimum atomic E-state index is 0.222. The zero-order valence-electron chi connectivity index (χ0n) is 15.0. The molecule has 5 nitrogen and oxygen atoms in total. The molecule has 1 aliphatic carbocycles. The van der Waals surface area contributed by atoms with Crippen molar-refractivity contribution < 1.29 is 4.79 Å². The molecule has 0 aromatic carbocycles. The standard InChI is InChI=1S/C19H32N4O/c1-16-20-11-15-22(16)12-5-10-21-19(24)17-8-13-23(14-9-17)18-6-3-2-4-7-18/h11,15,17-18H,2-10,12-14H2,1H3,(H,21,24). The van der Waals surface area contributed by atoms with Gasteiger partial charge in [0.1, 0.15) is 5.82 Å². The molecule has 24 heavy (non-hydrogen) atoms. The maximum Gasteiger partial charge on any atom is 0.223 e. The van der Waals surface area contributed by atoms with E-state index in [4.69, 9.17) is 0 Å². The lowest BCUT2D eigenvalue weighted by Crippen LogP contribution is -2.45. The summed E-state index contributed by atoms with van der Waals surface area (Å²) >= 11 is 0. The lowest BCUT2D eigenvalue weighted by atomic mass is 9.90. The quantitative estimate of drug-likeness (QED) is 0.815. The highest BCUT2D eigenvalue weighted by molar-refractivity contribution is 5.78. The first kappa shape index (κ1) is 17.5. The molecule has 1 saturated heterocycles. The Kier molecular flexibility index (Phi) is 6.30. The number of imidazole rings is 1. The van der Waals surface area contributed by atoms with Crippen molar-refractivity contribution in [3.63, 3.8) is 0 Å². The summed E-state index contributed by atoms with van der Waals surface area (Å²) in [4.78, 5) is 19.2. The average Bonchev–Trinajstić information content (AvgIpc) is 3.04. The van der Waals surface area contributed by atoms with Crippen molar-refractivity contribution >= 4 is 5.91 Å². The summed E-state index contributed by atoms with van der Waals surface area (Å²) in [6, 6.07) is 0.793. The molecule has 2 fully saturated rings. The van der Waals surface area contributed by atoms with Crippen LogP contribution in [0.15, 0.2) is 12.4 Å². The predicted octanol–water partition coefficient (Wildman–Crippen LogP) is 2.74. The highest BCUT2D eigenvalue weighted by Gasteiger charge is 2.29. The highest BCUT2D eigenvalue weighted by atomic mass is 16.1. The number of carbonyl (C=O) groups excluding carboxylic acids is 1. The summed E-state index contributed by atoms with van der Waals surface area (Å²) in [6.45, 7) is 5.91. The number of carbonyl (C=O) groups is 1. The fourth-order valence-electron chi connectivity index (χ4n) is 4.22. The van der Waals surface area contributed by atoms with Crippen LogP contribution in [0.1, 0.15) is 57.2 Å². The van der Waals surface area contributed by atoms with Crippen molar-refractivity contribution in [1.29, 1.82) is 0 Å². The van der Waals surface area contributed by atoms with Gasteiger partial charge in [-0.25, -0.2) is 4.98 Å².